The molecule has 1 amide bonds. The lowest BCUT2D eigenvalue weighted by atomic mass is 10.0. The molecule has 0 saturated carbocycles. The van der Waals surface area contributed by atoms with Crippen LogP contribution in [0.25, 0.3) is 11.5 Å². The van der Waals surface area contributed by atoms with E-state index in [2.05, 4.69) is 29.4 Å². The minimum atomic E-state index is -0.435. The first-order chi connectivity index (χ1) is 12.5. The molecule has 1 aromatic heterocycles. The Balaban J connectivity index is 1.62. The van der Waals surface area contributed by atoms with E-state index >= 15 is 0 Å². The van der Waals surface area contributed by atoms with Gasteiger partial charge in [0.2, 0.25) is 5.91 Å². The standard InChI is InChI=1S/C19H18FN3O2S/c1-12(2)13-7-4-6-10-16(13)21-17(24)11-26-19-23-22-18(25-19)14-8-3-5-9-15(14)20/h3-10,12H,11H2,1-2H3,(H,21,24). The van der Waals surface area contributed by atoms with Crippen LogP contribution in [0.5, 0.6) is 0 Å². The lowest BCUT2D eigenvalue weighted by molar-refractivity contribution is -0.113. The van der Waals surface area contributed by atoms with Crippen molar-refractivity contribution < 1.29 is 13.6 Å². The summed E-state index contributed by atoms with van der Waals surface area (Å²) < 4.78 is 19.2. The van der Waals surface area contributed by atoms with E-state index in [0.29, 0.717) is 5.92 Å². The molecule has 0 aliphatic rings. The number of halogens is 1. The summed E-state index contributed by atoms with van der Waals surface area (Å²) in [5.74, 6) is -0.0928. The number of nitrogens with zero attached hydrogens (tertiary/aromatic N) is 2. The highest BCUT2D eigenvalue weighted by Crippen LogP contribution is 2.26. The number of benzene rings is 2. The van der Waals surface area contributed by atoms with Gasteiger partial charge in [0.15, 0.2) is 0 Å². The van der Waals surface area contributed by atoms with Crippen molar-refractivity contribution in [3.05, 3.63) is 59.9 Å². The fourth-order valence-corrected chi connectivity index (χ4v) is 3.00. The molecule has 0 bridgehead atoms. The Kier molecular flexibility index (Phi) is 5.68. The van der Waals surface area contributed by atoms with E-state index < -0.39 is 5.82 Å². The minimum absolute atomic E-state index is 0.0937. The van der Waals surface area contributed by atoms with Gasteiger partial charge in [-0.05, 0) is 29.7 Å². The van der Waals surface area contributed by atoms with Crippen LogP contribution in [0.15, 0.2) is 58.2 Å². The van der Waals surface area contributed by atoms with Gasteiger partial charge in [-0.1, -0.05) is 55.9 Å². The summed E-state index contributed by atoms with van der Waals surface area (Å²) in [6.07, 6.45) is 0. The molecule has 0 saturated heterocycles. The first-order valence-electron chi connectivity index (χ1n) is 8.14. The quantitative estimate of drug-likeness (QED) is 0.635. The van der Waals surface area contributed by atoms with Crippen LogP contribution in [0.2, 0.25) is 0 Å². The molecule has 0 aliphatic carbocycles. The second-order valence-corrected chi connectivity index (χ2v) is 6.86. The van der Waals surface area contributed by atoms with Gasteiger partial charge in [0, 0.05) is 5.69 Å². The normalized spacial score (nSPS) is 10.9. The smallest absolute Gasteiger partial charge is 0.277 e. The predicted octanol–water partition coefficient (Wildman–Crippen LogP) is 4.73. The summed E-state index contributed by atoms with van der Waals surface area (Å²) in [5.41, 5.74) is 2.11. The number of hydrogen-bond acceptors (Lipinski definition) is 5. The van der Waals surface area contributed by atoms with Crippen molar-refractivity contribution in [2.24, 2.45) is 0 Å². The first kappa shape index (κ1) is 18.1. The van der Waals surface area contributed by atoms with Gasteiger partial charge in [-0.25, -0.2) is 4.39 Å². The van der Waals surface area contributed by atoms with Crippen LogP contribution in [0, 0.1) is 5.82 Å². The predicted molar refractivity (Wildman–Crippen MR) is 99.6 cm³/mol. The van der Waals surface area contributed by atoms with E-state index in [1.807, 2.05) is 24.3 Å². The maximum absolute atomic E-state index is 13.7. The van der Waals surface area contributed by atoms with Gasteiger partial charge < -0.3 is 9.73 Å². The highest BCUT2D eigenvalue weighted by Gasteiger charge is 2.15. The average Bonchev–Trinajstić information content (AvgIpc) is 3.09. The summed E-state index contributed by atoms with van der Waals surface area (Å²) >= 11 is 1.11. The summed E-state index contributed by atoms with van der Waals surface area (Å²) in [7, 11) is 0. The van der Waals surface area contributed by atoms with Crippen molar-refractivity contribution in [1.82, 2.24) is 10.2 Å². The second kappa shape index (κ2) is 8.14. The van der Waals surface area contributed by atoms with Crippen molar-refractivity contribution >= 4 is 23.4 Å². The number of rotatable bonds is 6. The molecule has 1 N–H and O–H groups in total. The number of hydrogen-bond donors (Lipinski definition) is 1. The van der Waals surface area contributed by atoms with E-state index in [0.717, 1.165) is 23.0 Å². The van der Waals surface area contributed by atoms with Crippen LogP contribution >= 0.6 is 11.8 Å². The summed E-state index contributed by atoms with van der Waals surface area (Å²) in [5, 5.41) is 10.8. The van der Waals surface area contributed by atoms with Gasteiger partial charge in [-0.2, -0.15) is 0 Å². The molecule has 1 heterocycles. The highest BCUT2D eigenvalue weighted by atomic mass is 32.2. The van der Waals surface area contributed by atoms with Gasteiger partial charge in [0.1, 0.15) is 5.82 Å². The Bertz CT molecular complexity index is 911. The summed E-state index contributed by atoms with van der Waals surface area (Å²) in [6, 6.07) is 13.9. The van der Waals surface area contributed by atoms with Crippen LogP contribution in [-0.2, 0) is 4.79 Å². The lowest BCUT2D eigenvalue weighted by Gasteiger charge is -2.13. The molecule has 2 aromatic carbocycles. The van der Waals surface area contributed by atoms with Gasteiger partial charge in [-0.15, -0.1) is 10.2 Å². The molecule has 0 fully saturated rings. The Morgan fingerprint density at radius 3 is 2.65 bits per heavy atom. The van der Waals surface area contributed by atoms with E-state index in [1.165, 1.54) is 6.07 Å². The van der Waals surface area contributed by atoms with Crippen LogP contribution in [0.3, 0.4) is 0 Å². The molecule has 0 aliphatic heterocycles. The summed E-state index contributed by atoms with van der Waals surface area (Å²) in [6.45, 7) is 4.14. The Morgan fingerprint density at radius 2 is 1.88 bits per heavy atom. The topological polar surface area (TPSA) is 68.0 Å². The Labute approximate surface area is 155 Å². The van der Waals surface area contributed by atoms with Crippen molar-refractivity contribution in [2.45, 2.75) is 25.0 Å². The maximum Gasteiger partial charge on any atom is 0.277 e. The van der Waals surface area contributed by atoms with E-state index in [4.69, 9.17) is 4.42 Å². The molecule has 5 nitrogen and oxygen atoms in total. The minimum Gasteiger partial charge on any atom is -0.411 e. The zero-order valence-corrected chi connectivity index (χ0v) is 15.2. The van der Waals surface area contributed by atoms with Crippen molar-refractivity contribution in [3.8, 4) is 11.5 Å². The van der Waals surface area contributed by atoms with Crippen molar-refractivity contribution in [1.29, 1.82) is 0 Å². The molecule has 0 spiro atoms. The fraction of sp³-hybridized carbons (Fsp3) is 0.211. The van der Waals surface area contributed by atoms with Crippen molar-refractivity contribution in [2.75, 3.05) is 11.1 Å². The molecule has 0 radical (unpaired) electrons. The molecule has 0 atom stereocenters. The number of carbonyl (C=O) groups excluding carboxylic acids is 1. The van der Waals surface area contributed by atoms with Crippen LogP contribution in [-0.4, -0.2) is 21.9 Å². The van der Waals surface area contributed by atoms with E-state index in [-0.39, 0.29) is 28.3 Å². The van der Waals surface area contributed by atoms with E-state index in [9.17, 15) is 9.18 Å². The third kappa shape index (κ3) is 4.29. The second-order valence-electron chi connectivity index (χ2n) is 5.93. The first-order valence-corrected chi connectivity index (χ1v) is 9.13. The molecular weight excluding hydrogens is 353 g/mol. The number of amides is 1. The monoisotopic (exact) mass is 371 g/mol. The number of aromatic nitrogens is 2. The molecule has 3 rings (SSSR count). The maximum atomic E-state index is 13.7. The molecule has 3 aromatic rings. The lowest BCUT2D eigenvalue weighted by Crippen LogP contribution is -2.15. The fourth-order valence-electron chi connectivity index (χ4n) is 2.44. The van der Waals surface area contributed by atoms with Crippen LogP contribution < -0.4 is 5.32 Å². The number of anilines is 1. The number of carbonyl (C=O) groups is 1. The van der Waals surface area contributed by atoms with Gasteiger partial charge in [0.25, 0.3) is 11.1 Å². The van der Waals surface area contributed by atoms with Crippen LogP contribution in [0.1, 0.15) is 25.3 Å². The van der Waals surface area contributed by atoms with Gasteiger partial charge in [-0.3, -0.25) is 4.79 Å². The van der Waals surface area contributed by atoms with Gasteiger partial charge >= 0.3 is 0 Å². The average molecular weight is 371 g/mol. The summed E-state index contributed by atoms with van der Waals surface area (Å²) in [4.78, 5) is 12.2. The molecule has 0 unspecified atom stereocenters. The van der Waals surface area contributed by atoms with E-state index in [1.54, 1.807) is 18.2 Å². The Hall–Kier alpha value is -2.67. The number of nitrogens with one attached hydrogen (secondary N) is 1. The van der Waals surface area contributed by atoms with Crippen molar-refractivity contribution in [3.63, 3.8) is 0 Å². The van der Waals surface area contributed by atoms with Gasteiger partial charge in [0.05, 0.1) is 11.3 Å². The third-order valence-electron chi connectivity index (χ3n) is 3.69. The number of para-hydroxylation sites is 1. The zero-order chi connectivity index (χ0) is 18.5. The largest absolute Gasteiger partial charge is 0.411 e. The SMILES string of the molecule is CC(C)c1ccccc1NC(=O)CSc1nnc(-c2ccccc2F)o1. The zero-order valence-electron chi connectivity index (χ0n) is 14.4. The highest BCUT2D eigenvalue weighted by molar-refractivity contribution is 7.99. The van der Waals surface area contributed by atoms with Crippen LogP contribution in [0.4, 0.5) is 10.1 Å². The molecule has 26 heavy (non-hydrogen) atoms. The molecule has 134 valence electrons. The molecular formula is C19H18FN3O2S. The third-order valence-corrected chi connectivity index (χ3v) is 4.51. The molecule has 7 heteroatoms. The number of thioether (sulfide) groups is 1. The Morgan fingerprint density at radius 1 is 1.15 bits per heavy atom.